The predicted octanol–water partition coefficient (Wildman–Crippen LogP) is 3.59. The lowest BCUT2D eigenvalue weighted by Gasteiger charge is -2.12. The minimum Gasteiger partial charge on any atom is -0.506 e. The monoisotopic (exact) mass is 303 g/mol. The maximum absolute atomic E-state index is 12.3. The average Bonchev–Trinajstić information content (AvgIpc) is 2.87. The lowest BCUT2D eigenvalue weighted by molar-refractivity contribution is 0.0529. The first-order valence-corrected chi connectivity index (χ1v) is 7.01. The smallest absolute Gasteiger partial charge is 0.165 e. The van der Waals surface area contributed by atoms with E-state index in [1.54, 1.807) is 37.4 Å². The summed E-state index contributed by atoms with van der Waals surface area (Å²) in [4.78, 5) is 16.4. The third kappa shape index (κ3) is 2.64. The van der Waals surface area contributed by atoms with Crippen molar-refractivity contribution in [3.05, 3.63) is 57.9 Å². The normalized spacial score (nSPS) is 16.8. The lowest BCUT2D eigenvalue weighted by Crippen LogP contribution is -2.07. The minimum atomic E-state index is -0.426. The molecule has 0 amide bonds. The molecule has 1 unspecified atom stereocenters. The first-order chi connectivity index (χ1) is 10.1. The highest BCUT2D eigenvalue weighted by Crippen LogP contribution is 2.40. The van der Waals surface area contributed by atoms with Gasteiger partial charge in [-0.15, -0.1) is 0 Å². The van der Waals surface area contributed by atoms with Gasteiger partial charge in [0.25, 0.3) is 0 Å². The summed E-state index contributed by atoms with van der Waals surface area (Å²) < 4.78 is 5.63. The van der Waals surface area contributed by atoms with Crippen LogP contribution in [0.25, 0.3) is 0 Å². The van der Waals surface area contributed by atoms with Crippen LogP contribution in [0.3, 0.4) is 0 Å². The summed E-state index contributed by atoms with van der Waals surface area (Å²) >= 11 is 5.82. The Hall–Kier alpha value is -1.91. The molecule has 2 aromatic rings. The number of carbonyl (C=O) groups is 1. The molecule has 108 valence electrons. The number of hydrogen-bond acceptors (Lipinski definition) is 4. The third-order valence-electron chi connectivity index (χ3n) is 3.66. The molecule has 0 bridgehead atoms. The summed E-state index contributed by atoms with van der Waals surface area (Å²) in [5, 5.41) is 10.7. The molecule has 1 aromatic heterocycles. The molecule has 2 heterocycles. The van der Waals surface area contributed by atoms with Gasteiger partial charge < -0.3 is 9.84 Å². The standard InChI is InChI=1S/C16H14ClNO3/c1-9-16(20)15-11(7-18-9)8-21-14(15)6-13(19)10-2-4-12(17)5-3-10/h2-5,7,14,20H,6,8H2,1H3. The Bertz CT molecular complexity index is 697. The Kier molecular flexibility index (Phi) is 3.66. The predicted molar refractivity (Wildman–Crippen MR) is 78.6 cm³/mol. The van der Waals surface area contributed by atoms with E-state index in [1.165, 1.54) is 0 Å². The Morgan fingerprint density at radius 1 is 1.43 bits per heavy atom. The number of carbonyl (C=O) groups excluding carboxylic acids is 1. The SMILES string of the molecule is Cc1ncc2c(c1O)C(CC(=O)c1ccc(Cl)cc1)OC2. The Balaban J connectivity index is 1.84. The van der Waals surface area contributed by atoms with Crippen LogP contribution in [0.4, 0.5) is 0 Å². The molecular formula is C16H14ClNO3. The second-order valence-electron chi connectivity index (χ2n) is 5.06. The number of halogens is 1. The average molecular weight is 304 g/mol. The van der Waals surface area contributed by atoms with E-state index in [9.17, 15) is 9.90 Å². The number of hydrogen-bond donors (Lipinski definition) is 1. The quantitative estimate of drug-likeness (QED) is 0.880. The number of benzene rings is 1. The summed E-state index contributed by atoms with van der Waals surface area (Å²) in [5.41, 5.74) is 2.65. The first kappa shape index (κ1) is 14.0. The van der Waals surface area contributed by atoms with Crippen molar-refractivity contribution < 1.29 is 14.6 Å². The molecule has 1 N–H and O–H groups in total. The van der Waals surface area contributed by atoms with E-state index in [0.717, 1.165) is 5.56 Å². The fourth-order valence-electron chi connectivity index (χ4n) is 2.48. The Labute approximate surface area is 127 Å². The topological polar surface area (TPSA) is 59.4 Å². The van der Waals surface area contributed by atoms with E-state index in [-0.39, 0.29) is 18.0 Å². The van der Waals surface area contributed by atoms with E-state index in [0.29, 0.717) is 28.5 Å². The number of pyridine rings is 1. The largest absolute Gasteiger partial charge is 0.506 e. The van der Waals surface area contributed by atoms with Crippen LogP contribution in [-0.2, 0) is 11.3 Å². The van der Waals surface area contributed by atoms with E-state index in [2.05, 4.69) is 4.98 Å². The van der Waals surface area contributed by atoms with Gasteiger partial charge in [-0.25, -0.2) is 0 Å². The second-order valence-corrected chi connectivity index (χ2v) is 5.50. The van der Waals surface area contributed by atoms with Crippen molar-refractivity contribution in [3.8, 4) is 5.75 Å². The van der Waals surface area contributed by atoms with Gasteiger partial charge in [0.05, 0.1) is 18.4 Å². The summed E-state index contributed by atoms with van der Waals surface area (Å²) in [6.45, 7) is 2.10. The fraction of sp³-hybridized carbons (Fsp3) is 0.250. The van der Waals surface area contributed by atoms with Crippen molar-refractivity contribution in [3.63, 3.8) is 0 Å². The molecule has 1 aliphatic rings. The van der Waals surface area contributed by atoms with Gasteiger partial charge in [-0.05, 0) is 31.2 Å². The number of nitrogens with zero attached hydrogens (tertiary/aromatic N) is 1. The van der Waals surface area contributed by atoms with Crippen molar-refractivity contribution in [2.45, 2.75) is 26.1 Å². The molecule has 0 fully saturated rings. The van der Waals surface area contributed by atoms with E-state index in [4.69, 9.17) is 16.3 Å². The van der Waals surface area contributed by atoms with Crippen molar-refractivity contribution >= 4 is 17.4 Å². The number of rotatable bonds is 3. The number of ether oxygens (including phenoxy) is 1. The molecule has 0 aliphatic carbocycles. The maximum Gasteiger partial charge on any atom is 0.165 e. The number of Topliss-reactive ketones (excluding diaryl/α,β-unsaturated/α-hetero) is 1. The van der Waals surface area contributed by atoms with Crippen LogP contribution >= 0.6 is 11.6 Å². The van der Waals surface area contributed by atoms with Gasteiger partial charge in [0.15, 0.2) is 5.78 Å². The number of ketones is 1. The van der Waals surface area contributed by atoms with Crippen molar-refractivity contribution in [1.82, 2.24) is 4.98 Å². The highest BCUT2D eigenvalue weighted by molar-refractivity contribution is 6.30. The van der Waals surface area contributed by atoms with E-state index >= 15 is 0 Å². The minimum absolute atomic E-state index is 0.0432. The molecule has 3 rings (SSSR count). The van der Waals surface area contributed by atoms with Crippen molar-refractivity contribution in [2.75, 3.05) is 0 Å². The molecule has 5 heteroatoms. The van der Waals surface area contributed by atoms with Gasteiger partial charge in [0, 0.05) is 34.3 Å². The van der Waals surface area contributed by atoms with Gasteiger partial charge >= 0.3 is 0 Å². The van der Waals surface area contributed by atoms with Crippen LogP contribution in [-0.4, -0.2) is 15.9 Å². The highest BCUT2D eigenvalue weighted by atomic mass is 35.5. The summed E-state index contributed by atoms with van der Waals surface area (Å²) in [5.74, 6) is 0.0808. The third-order valence-corrected chi connectivity index (χ3v) is 3.91. The van der Waals surface area contributed by atoms with Crippen molar-refractivity contribution in [1.29, 1.82) is 0 Å². The van der Waals surface area contributed by atoms with E-state index in [1.807, 2.05) is 0 Å². The number of aryl methyl sites for hydroxylation is 1. The van der Waals surface area contributed by atoms with Gasteiger partial charge in [0.2, 0.25) is 0 Å². The summed E-state index contributed by atoms with van der Waals surface area (Å²) in [6, 6.07) is 6.75. The van der Waals surface area contributed by atoms with Gasteiger partial charge in [-0.1, -0.05) is 11.6 Å². The molecule has 0 saturated heterocycles. The zero-order valence-electron chi connectivity index (χ0n) is 11.5. The molecule has 1 aliphatic heterocycles. The Morgan fingerprint density at radius 2 is 2.14 bits per heavy atom. The van der Waals surface area contributed by atoms with Crippen LogP contribution < -0.4 is 0 Å². The van der Waals surface area contributed by atoms with Gasteiger partial charge in [-0.2, -0.15) is 0 Å². The van der Waals surface area contributed by atoms with E-state index < -0.39 is 6.10 Å². The Morgan fingerprint density at radius 3 is 2.86 bits per heavy atom. The summed E-state index contributed by atoms with van der Waals surface area (Å²) in [7, 11) is 0. The summed E-state index contributed by atoms with van der Waals surface area (Å²) in [6.07, 6.45) is 1.45. The fourth-order valence-corrected chi connectivity index (χ4v) is 2.61. The molecule has 0 radical (unpaired) electrons. The molecular weight excluding hydrogens is 290 g/mol. The number of fused-ring (bicyclic) bond motifs is 1. The number of aromatic nitrogens is 1. The van der Waals surface area contributed by atoms with Crippen LogP contribution in [0.1, 0.15) is 39.7 Å². The highest BCUT2D eigenvalue weighted by Gasteiger charge is 2.30. The molecule has 21 heavy (non-hydrogen) atoms. The van der Waals surface area contributed by atoms with Crippen LogP contribution in [0, 0.1) is 6.92 Å². The number of aromatic hydroxyl groups is 1. The molecule has 1 aromatic carbocycles. The van der Waals surface area contributed by atoms with Crippen molar-refractivity contribution in [2.24, 2.45) is 0 Å². The first-order valence-electron chi connectivity index (χ1n) is 6.64. The molecule has 1 atom stereocenters. The lowest BCUT2D eigenvalue weighted by atomic mass is 9.98. The zero-order valence-corrected chi connectivity index (χ0v) is 12.2. The molecule has 0 spiro atoms. The van der Waals surface area contributed by atoms with Crippen LogP contribution in [0.5, 0.6) is 5.75 Å². The maximum atomic E-state index is 12.3. The molecule has 4 nitrogen and oxygen atoms in total. The zero-order chi connectivity index (χ0) is 15.0. The second kappa shape index (κ2) is 5.47. The van der Waals surface area contributed by atoms with Crippen LogP contribution in [0.2, 0.25) is 5.02 Å². The van der Waals surface area contributed by atoms with Gasteiger partial charge in [0.1, 0.15) is 5.75 Å². The molecule has 0 saturated carbocycles. The van der Waals surface area contributed by atoms with Crippen LogP contribution in [0.15, 0.2) is 30.5 Å². The van der Waals surface area contributed by atoms with Gasteiger partial charge in [-0.3, -0.25) is 9.78 Å².